The maximum Gasteiger partial charge on any atom is 0.269 e. The zero-order valence-electron chi connectivity index (χ0n) is 59.5. The molecule has 382 valence electrons. The van der Waals surface area contributed by atoms with Crippen LogP contribution in [-0.2, 0) is 17.2 Å². The molecule has 0 saturated carbocycles. The van der Waals surface area contributed by atoms with Crippen molar-refractivity contribution >= 4 is 54.6 Å². The molecular formula is C72H63N5O. The van der Waals surface area contributed by atoms with Crippen molar-refractivity contribution < 1.29 is 29.9 Å². The molecule has 0 aliphatic carbocycles. The third-order valence-corrected chi connectivity index (χ3v) is 14.3. The van der Waals surface area contributed by atoms with Gasteiger partial charge in [0.25, 0.3) is 6.33 Å². The Balaban J connectivity index is 1.07. The summed E-state index contributed by atoms with van der Waals surface area (Å²) in [5, 5.41) is 0.911. The summed E-state index contributed by atoms with van der Waals surface area (Å²) >= 11 is 0. The van der Waals surface area contributed by atoms with Crippen LogP contribution in [0, 0.1) is 12.2 Å². The fourth-order valence-corrected chi connectivity index (χ4v) is 10.6. The van der Waals surface area contributed by atoms with Gasteiger partial charge in [0.1, 0.15) is 17.3 Å². The molecule has 9 aromatic carbocycles. The van der Waals surface area contributed by atoms with E-state index in [0.29, 0.717) is 66.9 Å². The predicted molar refractivity (Wildman–Crippen MR) is 323 cm³/mol. The van der Waals surface area contributed by atoms with Crippen LogP contribution in [0.5, 0.6) is 11.5 Å². The first-order valence-electron chi connectivity index (χ1n) is 33.6. The highest BCUT2D eigenvalue weighted by Crippen LogP contribution is 2.44. The first-order chi connectivity index (χ1) is 43.9. The van der Waals surface area contributed by atoms with Gasteiger partial charge in [0.05, 0.1) is 68.0 Å². The molecule has 0 bridgehead atoms. The quantitative estimate of drug-likeness (QED) is 0.101. The van der Waals surface area contributed by atoms with Crippen LogP contribution in [0.4, 0.5) is 0 Å². The number of imidazole rings is 1. The van der Waals surface area contributed by atoms with Gasteiger partial charge in [0, 0.05) is 42.6 Å². The van der Waals surface area contributed by atoms with Crippen molar-refractivity contribution in [3.8, 4) is 56.6 Å². The van der Waals surface area contributed by atoms with Gasteiger partial charge >= 0.3 is 0 Å². The Kier molecular flexibility index (Phi) is 8.40. The molecule has 0 saturated heterocycles. The topological polar surface area (TPSA) is 40.8 Å². The number of hydrogen-bond donors (Lipinski definition) is 0. The lowest BCUT2D eigenvalue weighted by molar-refractivity contribution is -0.571. The minimum Gasteiger partial charge on any atom is -0.458 e. The van der Waals surface area contributed by atoms with Crippen molar-refractivity contribution in [2.45, 2.75) is 72.6 Å². The maximum atomic E-state index is 9.54. The van der Waals surface area contributed by atoms with Crippen molar-refractivity contribution in [1.29, 1.82) is 0 Å². The molecular weight excluding hydrogens is 951 g/mol. The molecule has 13 aromatic rings. The zero-order chi connectivity index (χ0) is 66.6. The molecule has 0 atom stereocenters. The number of rotatable bonds is 10. The van der Waals surface area contributed by atoms with E-state index >= 15 is 0 Å². The van der Waals surface area contributed by atoms with E-state index < -0.39 is 78.8 Å². The minimum atomic E-state index is -1.78. The summed E-state index contributed by atoms with van der Waals surface area (Å²) in [7, 11) is 0. The SMILES string of the molecule is [2H]c1c([2H])c([2H])c(-c2cccc(-c3cc(C(C)(C)C)cc(C(C)(C)C)c3)c2-[n+]2[c-]n(-c3cccc(Oc4cc(-n5c6c([2H])c([2H])c([2H])c([2H])c6c6c([2H])c([2H])c([2H])c([2H])c65)c5c6ccccc6n(-c6cc(C([2H])([2H])C(C)C)ccn6)c5c4)c3)c3ccccc32)c([2H])c1[2H]. The normalized spacial score (nSPS) is 15.2. The number of hydrogen-bond acceptors (Lipinski definition) is 2. The van der Waals surface area contributed by atoms with E-state index in [9.17, 15) is 8.22 Å². The zero-order valence-corrected chi connectivity index (χ0v) is 44.5. The maximum absolute atomic E-state index is 9.54. The van der Waals surface area contributed by atoms with Gasteiger partial charge in [0.15, 0.2) is 0 Å². The molecule has 13 rings (SSSR count). The summed E-state index contributed by atoms with van der Waals surface area (Å²) in [6, 6.07) is 34.9. The van der Waals surface area contributed by atoms with E-state index in [2.05, 4.69) is 66.1 Å². The molecule has 0 aliphatic rings. The number of ether oxygens (including phenoxy) is 1. The second kappa shape index (κ2) is 18.9. The molecule has 0 fully saturated rings. The summed E-state index contributed by atoms with van der Waals surface area (Å²) in [6.07, 6.45) is 3.42. The highest BCUT2D eigenvalue weighted by atomic mass is 16.5. The van der Waals surface area contributed by atoms with Crippen LogP contribution in [0.1, 0.15) is 92.6 Å². The van der Waals surface area contributed by atoms with Gasteiger partial charge in [-0.25, -0.2) is 4.98 Å². The first-order valence-corrected chi connectivity index (χ1v) is 26.1. The minimum absolute atomic E-state index is 0.0194. The Hall–Kier alpha value is -9.00. The lowest BCUT2D eigenvalue weighted by atomic mass is 9.78. The van der Waals surface area contributed by atoms with Crippen molar-refractivity contribution in [3.63, 3.8) is 0 Å². The first kappa shape index (κ1) is 34.6. The van der Waals surface area contributed by atoms with Crippen LogP contribution >= 0.6 is 0 Å². The Labute approximate surface area is 478 Å². The van der Waals surface area contributed by atoms with E-state index in [-0.39, 0.29) is 61.7 Å². The standard InChI is InChI=1S/C72H63N5O/c1-47(2)38-48-36-37-73-68(39-48)77-63-33-17-14-28-60(63)69-66(76-61-31-15-12-26-58(61)59-27-13-16-32-62(59)76)44-55(45-67(69)77)78-54-25-20-24-53(43-54)74-46-75(65-35-19-18-34-64(65)74)70-56(49-22-10-9-11-23-49)29-21-30-57(70)50-40-51(71(3,4)5)42-52(41-50)72(6,7)8/h9-37,39-45,47H,38H2,1-8H3/i9D,10D,11D,12D,13D,15D,16D,22D,23D,26D,27D,31D,32D,38D2. The largest absolute Gasteiger partial charge is 0.458 e. The van der Waals surface area contributed by atoms with E-state index in [1.165, 1.54) is 4.57 Å². The monoisotopic (exact) mass is 1030 g/mol. The van der Waals surface area contributed by atoms with Crippen LogP contribution in [0.15, 0.2) is 218 Å². The number of fused-ring (bicyclic) bond motifs is 7. The average Bonchev–Trinajstić information content (AvgIpc) is 1.55. The summed E-state index contributed by atoms with van der Waals surface area (Å²) in [5.41, 5.74) is 7.49. The summed E-state index contributed by atoms with van der Waals surface area (Å²) in [6.45, 7) is 16.6. The van der Waals surface area contributed by atoms with E-state index in [0.717, 1.165) is 22.3 Å². The van der Waals surface area contributed by atoms with Gasteiger partial charge in [-0.3, -0.25) is 13.7 Å². The molecule has 0 aliphatic heterocycles. The van der Waals surface area contributed by atoms with Crippen molar-refractivity contribution in [2.75, 3.05) is 0 Å². The summed E-state index contributed by atoms with van der Waals surface area (Å²) in [4.78, 5) is 4.84. The fourth-order valence-electron chi connectivity index (χ4n) is 10.6. The van der Waals surface area contributed by atoms with Gasteiger partial charge in [-0.05, 0) is 111 Å². The highest BCUT2D eigenvalue weighted by Gasteiger charge is 2.26. The molecule has 0 radical (unpaired) electrons. The second-order valence-electron chi connectivity index (χ2n) is 22.0. The molecule has 78 heavy (non-hydrogen) atoms. The number of pyridine rings is 1. The van der Waals surface area contributed by atoms with Crippen LogP contribution in [-0.4, -0.2) is 18.7 Å². The van der Waals surface area contributed by atoms with Crippen molar-refractivity contribution in [1.82, 2.24) is 18.7 Å². The van der Waals surface area contributed by atoms with Crippen molar-refractivity contribution in [2.24, 2.45) is 5.92 Å². The lowest BCUT2D eigenvalue weighted by Crippen LogP contribution is -2.31. The molecule has 0 spiro atoms. The van der Waals surface area contributed by atoms with Crippen LogP contribution in [0.3, 0.4) is 0 Å². The highest BCUT2D eigenvalue weighted by molar-refractivity contribution is 6.16. The number of aromatic nitrogens is 5. The van der Waals surface area contributed by atoms with E-state index in [1.807, 2.05) is 92.6 Å². The molecule has 0 N–H and O–H groups in total. The molecule has 0 unspecified atom stereocenters. The third kappa shape index (κ3) is 8.53. The molecule has 0 amide bonds. The van der Waals surface area contributed by atoms with Gasteiger partial charge in [-0.2, -0.15) is 0 Å². The van der Waals surface area contributed by atoms with Crippen molar-refractivity contribution in [3.05, 3.63) is 241 Å². The second-order valence-corrected chi connectivity index (χ2v) is 22.0. The smallest absolute Gasteiger partial charge is 0.269 e. The van der Waals surface area contributed by atoms with Crippen LogP contribution < -0.4 is 9.30 Å². The van der Waals surface area contributed by atoms with Gasteiger partial charge in [-0.15, -0.1) is 0 Å². The van der Waals surface area contributed by atoms with Gasteiger partial charge in [-0.1, -0.05) is 207 Å². The van der Waals surface area contributed by atoms with Gasteiger partial charge < -0.3 is 9.30 Å². The van der Waals surface area contributed by atoms with Crippen LogP contribution in [0.2, 0.25) is 0 Å². The number of para-hydroxylation sites is 6. The molecule has 4 aromatic heterocycles. The Bertz CT molecular complexity index is 5200. The van der Waals surface area contributed by atoms with E-state index in [1.54, 1.807) is 56.4 Å². The Morgan fingerprint density at radius 1 is 0.564 bits per heavy atom. The fraction of sp³-hybridized carbons (Fsp3) is 0.167. The third-order valence-electron chi connectivity index (χ3n) is 14.3. The van der Waals surface area contributed by atoms with E-state index in [4.69, 9.17) is 22.1 Å². The molecule has 6 nitrogen and oxygen atoms in total. The Morgan fingerprint density at radius 2 is 1.21 bits per heavy atom. The molecule has 6 heteroatoms. The average molecular weight is 1030 g/mol. The number of nitrogens with zero attached hydrogens (tertiary/aromatic N) is 5. The number of benzene rings is 9. The summed E-state index contributed by atoms with van der Waals surface area (Å²) in [5.74, 6) is 0.419. The summed E-state index contributed by atoms with van der Waals surface area (Å²) < 4.78 is 151. The van der Waals surface area contributed by atoms with Crippen LogP contribution in [0.25, 0.3) is 99.8 Å². The Morgan fingerprint density at radius 3 is 1.91 bits per heavy atom. The lowest BCUT2D eigenvalue weighted by Gasteiger charge is -2.27. The predicted octanol–water partition coefficient (Wildman–Crippen LogP) is 18.2. The molecule has 4 heterocycles. The van der Waals surface area contributed by atoms with Gasteiger partial charge in [0.2, 0.25) is 0 Å².